The molecule has 0 aromatic heterocycles. The molecule has 0 saturated heterocycles. The number of nitriles is 1. The van der Waals surface area contributed by atoms with Crippen molar-refractivity contribution in [1.29, 1.82) is 5.26 Å². The lowest BCUT2D eigenvalue weighted by molar-refractivity contribution is 0.490. The molecule has 4 heteroatoms. The van der Waals surface area contributed by atoms with E-state index < -0.39 is 11.6 Å². The van der Waals surface area contributed by atoms with Gasteiger partial charge in [0.05, 0.1) is 12.5 Å². The molecule has 1 aromatic rings. The summed E-state index contributed by atoms with van der Waals surface area (Å²) in [6.07, 6.45) is 1.19. The molecule has 0 bridgehead atoms. The van der Waals surface area contributed by atoms with Crippen molar-refractivity contribution in [3.63, 3.8) is 0 Å². The minimum absolute atomic E-state index is 0.0504. The lowest BCUT2D eigenvalue weighted by Gasteiger charge is -2.13. The van der Waals surface area contributed by atoms with Crippen molar-refractivity contribution < 1.29 is 8.78 Å². The van der Waals surface area contributed by atoms with Crippen LogP contribution in [0.2, 0.25) is 0 Å². The van der Waals surface area contributed by atoms with Crippen LogP contribution >= 0.6 is 0 Å². The Morgan fingerprint density at radius 3 is 2.75 bits per heavy atom. The first-order chi connectivity index (χ1) is 7.67. The van der Waals surface area contributed by atoms with Crippen LogP contribution in [0.25, 0.3) is 0 Å². The van der Waals surface area contributed by atoms with E-state index in [9.17, 15) is 8.78 Å². The number of nitrogens with zero attached hydrogens (tertiary/aromatic N) is 1. The second kappa shape index (κ2) is 6.19. The number of halogens is 2. The predicted molar refractivity (Wildman–Crippen MR) is 57.5 cm³/mol. The minimum atomic E-state index is -0.578. The summed E-state index contributed by atoms with van der Waals surface area (Å²) in [7, 11) is 0. The van der Waals surface area contributed by atoms with Crippen LogP contribution in [0.4, 0.5) is 8.78 Å². The Kier molecular flexibility index (Phi) is 4.87. The first kappa shape index (κ1) is 12.6. The zero-order chi connectivity index (χ0) is 12.0. The van der Waals surface area contributed by atoms with Gasteiger partial charge >= 0.3 is 0 Å². The highest BCUT2D eigenvalue weighted by atomic mass is 19.1. The van der Waals surface area contributed by atoms with Crippen LogP contribution in [0, 0.1) is 23.0 Å². The summed E-state index contributed by atoms with van der Waals surface area (Å²) in [5.74, 6) is -1.13. The Hall–Kier alpha value is -1.47. The van der Waals surface area contributed by atoms with E-state index in [4.69, 9.17) is 5.26 Å². The molecular weight excluding hydrogens is 210 g/mol. The van der Waals surface area contributed by atoms with Crippen molar-refractivity contribution >= 4 is 0 Å². The molecule has 86 valence electrons. The van der Waals surface area contributed by atoms with E-state index in [1.807, 2.05) is 6.92 Å². The Labute approximate surface area is 93.9 Å². The molecule has 0 heterocycles. The van der Waals surface area contributed by atoms with Gasteiger partial charge in [-0.05, 0) is 12.5 Å². The summed E-state index contributed by atoms with van der Waals surface area (Å²) in [4.78, 5) is 0. The molecule has 0 fully saturated rings. The smallest absolute Gasteiger partial charge is 0.130 e. The highest BCUT2D eigenvalue weighted by molar-refractivity contribution is 5.18. The lowest BCUT2D eigenvalue weighted by Crippen LogP contribution is -2.27. The molecular formula is C12H14F2N2. The first-order valence-corrected chi connectivity index (χ1v) is 5.21. The maximum Gasteiger partial charge on any atom is 0.130 e. The third kappa shape index (κ3) is 3.59. The summed E-state index contributed by atoms with van der Waals surface area (Å²) in [5, 5.41) is 11.6. The van der Waals surface area contributed by atoms with E-state index >= 15 is 0 Å². The second-order valence-corrected chi connectivity index (χ2v) is 3.58. The fourth-order valence-electron chi connectivity index (χ4n) is 1.39. The molecule has 0 radical (unpaired) electrons. The van der Waals surface area contributed by atoms with Gasteiger partial charge in [-0.3, -0.25) is 0 Å². The first-order valence-electron chi connectivity index (χ1n) is 5.21. The molecule has 0 aliphatic rings. The van der Waals surface area contributed by atoms with Crippen LogP contribution in [0.5, 0.6) is 0 Å². The van der Waals surface area contributed by atoms with E-state index in [0.717, 1.165) is 12.5 Å². The van der Waals surface area contributed by atoms with Crippen LogP contribution < -0.4 is 5.32 Å². The minimum Gasteiger partial charge on any atom is -0.309 e. The van der Waals surface area contributed by atoms with Crippen LogP contribution in [0.1, 0.15) is 25.3 Å². The summed E-state index contributed by atoms with van der Waals surface area (Å²) >= 11 is 0. The molecule has 1 rings (SSSR count). The van der Waals surface area contributed by atoms with Gasteiger partial charge in [-0.2, -0.15) is 5.26 Å². The molecule has 0 aliphatic carbocycles. The van der Waals surface area contributed by atoms with Gasteiger partial charge in [0.2, 0.25) is 0 Å². The highest BCUT2D eigenvalue weighted by Gasteiger charge is 2.07. The Bertz CT molecular complexity index is 385. The van der Waals surface area contributed by atoms with Crippen molar-refractivity contribution in [3.8, 4) is 6.07 Å². The topological polar surface area (TPSA) is 35.8 Å². The van der Waals surface area contributed by atoms with Crippen molar-refractivity contribution in [2.45, 2.75) is 32.4 Å². The zero-order valence-corrected chi connectivity index (χ0v) is 9.13. The molecule has 16 heavy (non-hydrogen) atoms. The van der Waals surface area contributed by atoms with Gasteiger partial charge in [0.25, 0.3) is 0 Å². The van der Waals surface area contributed by atoms with Gasteiger partial charge in [-0.15, -0.1) is 0 Å². The summed E-state index contributed by atoms with van der Waals surface area (Å²) in [5.41, 5.74) is 0.415. The SMILES string of the molecule is CCC(CC#N)NCc1ccc(F)cc1F. The maximum atomic E-state index is 13.2. The average Bonchev–Trinajstić information content (AvgIpc) is 2.26. The van der Waals surface area contributed by atoms with Gasteiger partial charge in [-0.25, -0.2) is 8.78 Å². The maximum absolute atomic E-state index is 13.2. The molecule has 1 aromatic carbocycles. The molecule has 0 aliphatic heterocycles. The van der Waals surface area contributed by atoms with E-state index in [-0.39, 0.29) is 6.04 Å². The lowest BCUT2D eigenvalue weighted by atomic mass is 10.1. The number of benzene rings is 1. The van der Waals surface area contributed by atoms with E-state index in [1.165, 1.54) is 12.1 Å². The zero-order valence-electron chi connectivity index (χ0n) is 9.13. The quantitative estimate of drug-likeness (QED) is 0.834. The Balaban J connectivity index is 2.57. The third-order valence-electron chi connectivity index (χ3n) is 2.43. The highest BCUT2D eigenvalue weighted by Crippen LogP contribution is 2.10. The van der Waals surface area contributed by atoms with E-state index in [0.29, 0.717) is 18.5 Å². The summed E-state index contributed by atoms with van der Waals surface area (Å²) in [6, 6.07) is 5.62. The molecule has 1 atom stereocenters. The number of nitrogens with one attached hydrogen (secondary N) is 1. The molecule has 0 saturated carbocycles. The van der Waals surface area contributed by atoms with Crippen LogP contribution in [-0.2, 0) is 6.54 Å². The number of hydrogen-bond donors (Lipinski definition) is 1. The van der Waals surface area contributed by atoms with Gasteiger partial charge in [0, 0.05) is 24.2 Å². The van der Waals surface area contributed by atoms with Crippen molar-refractivity contribution in [1.82, 2.24) is 5.32 Å². The number of hydrogen-bond acceptors (Lipinski definition) is 2. The predicted octanol–water partition coefficient (Wildman–Crippen LogP) is 2.75. The van der Waals surface area contributed by atoms with E-state index in [1.54, 1.807) is 0 Å². The molecule has 2 nitrogen and oxygen atoms in total. The van der Waals surface area contributed by atoms with Gasteiger partial charge in [0.15, 0.2) is 0 Å². The van der Waals surface area contributed by atoms with Crippen molar-refractivity contribution in [2.24, 2.45) is 0 Å². The van der Waals surface area contributed by atoms with E-state index in [2.05, 4.69) is 11.4 Å². The third-order valence-corrected chi connectivity index (χ3v) is 2.43. The molecule has 0 amide bonds. The average molecular weight is 224 g/mol. The molecule has 1 unspecified atom stereocenters. The molecule has 0 spiro atoms. The largest absolute Gasteiger partial charge is 0.309 e. The summed E-state index contributed by atoms with van der Waals surface area (Å²) < 4.78 is 25.9. The van der Waals surface area contributed by atoms with Crippen LogP contribution in [-0.4, -0.2) is 6.04 Å². The summed E-state index contributed by atoms with van der Waals surface area (Å²) in [6.45, 7) is 2.27. The van der Waals surface area contributed by atoms with Gasteiger partial charge < -0.3 is 5.32 Å². The Morgan fingerprint density at radius 2 is 2.19 bits per heavy atom. The second-order valence-electron chi connectivity index (χ2n) is 3.58. The number of rotatable bonds is 5. The van der Waals surface area contributed by atoms with Gasteiger partial charge in [-0.1, -0.05) is 13.0 Å². The van der Waals surface area contributed by atoms with Gasteiger partial charge in [0.1, 0.15) is 11.6 Å². The fraction of sp³-hybridized carbons (Fsp3) is 0.417. The van der Waals surface area contributed by atoms with Crippen LogP contribution in [0.3, 0.4) is 0 Å². The van der Waals surface area contributed by atoms with Crippen molar-refractivity contribution in [3.05, 3.63) is 35.4 Å². The van der Waals surface area contributed by atoms with Crippen molar-refractivity contribution in [2.75, 3.05) is 0 Å². The van der Waals surface area contributed by atoms with Crippen LogP contribution in [0.15, 0.2) is 18.2 Å². The Morgan fingerprint density at radius 1 is 1.44 bits per heavy atom. The monoisotopic (exact) mass is 224 g/mol. The molecule has 1 N–H and O–H groups in total. The standard InChI is InChI=1S/C12H14F2N2/c1-2-11(5-6-15)16-8-9-3-4-10(13)7-12(9)14/h3-4,7,11,16H,2,5,8H2,1H3. The fourth-order valence-corrected chi connectivity index (χ4v) is 1.39. The normalized spacial score (nSPS) is 12.1.